The number of allylic oxidation sites excluding steroid dienone is 2. The molecule has 0 spiro atoms. The fourth-order valence-corrected chi connectivity index (χ4v) is 10.6. The van der Waals surface area contributed by atoms with E-state index in [0.29, 0.717) is 19.3 Å². The molecular weight excluding hydrogens is 925 g/mol. The van der Waals surface area contributed by atoms with Crippen LogP contribution >= 0.6 is 0 Å². The van der Waals surface area contributed by atoms with Crippen LogP contribution in [0.15, 0.2) is 12.2 Å². The number of hydrogen-bond acceptors (Lipinski definition) is 6. The van der Waals surface area contributed by atoms with Crippen molar-refractivity contribution >= 4 is 17.9 Å². The van der Waals surface area contributed by atoms with Gasteiger partial charge >= 0.3 is 17.9 Å². The zero-order valence-corrected chi connectivity index (χ0v) is 51.1. The Labute approximate surface area is 469 Å². The Morgan fingerprint density at radius 1 is 0.253 bits per heavy atom. The molecule has 1 atom stereocenters. The zero-order chi connectivity index (χ0) is 54.3. The van der Waals surface area contributed by atoms with Crippen LogP contribution in [0.25, 0.3) is 0 Å². The second-order valence-corrected chi connectivity index (χ2v) is 23.5. The standard InChI is InChI=1S/C69H132O6/c1-4-7-10-13-16-19-22-24-25-26-27-28-29-30-31-32-33-34-35-36-37-38-39-40-41-42-43-44-46-47-50-53-56-59-62-68(71)74-65-66(64-73-67(70)61-58-55-52-49-21-18-15-12-9-6-3)75-69(72)63-60-57-54-51-48-45-23-20-17-14-11-8-5-2/h20,23,66H,4-19,21-22,24-65H2,1-3H3/b23-20-. The van der Waals surface area contributed by atoms with E-state index in [1.165, 1.54) is 289 Å². The summed E-state index contributed by atoms with van der Waals surface area (Å²) in [6.07, 6.45) is 77.0. The molecule has 0 N–H and O–H groups in total. The van der Waals surface area contributed by atoms with Crippen LogP contribution in [0, 0.1) is 0 Å². The van der Waals surface area contributed by atoms with E-state index in [2.05, 4.69) is 32.9 Å². The molecule has 0 heterocycles. The Morgan fingerprint density at radius 3 is 0.680 bits per heavy atom. The number of rotatable bonds is 64. The lowest BCUT2D eigenvalue weighted by molar-refractivity contribution is -0.167. The lowest BCUT2D eigenvalue weighted by atomic mass is 10.0. The molecule has 6 nitrogen and oxygen atoms in total. The third kappa shape index (κ3) is 62.9. The summed E-state index contributed by atoms with van der Waals surface area (Å²) in [5.74, 6) is -0.853. The highest BCUT2D eigenvalue weighted by molar-refractivity contribution is 5.71. The molecule has 0 rings (SSSR count). The van der Waals surface area contributed by atoms with Gasteiger partial charge in [-0.1, -0.05) is 341 Å². The van der Waals surface area contributed by atoms with Gasteiger partial charge in [0.05, 0.1) is 0 Å². The zero-order valence-electron chi connectivity index (χ0n) is 51.1. The van der Waals surface area contributed by atoms with Gasteiger partial charge in [0.2, 0.25) is 0 Å². The third-order valence-electron chi connectivity index (χ3n) is 15.8. The van der Waals surface area contributed by atoms with Gasteiger partial charge in [-0.15, -0.1) is 0 Å². The molecule has 0 aromatic carbocycles. The monoisotopic (exact) mass is 1060 g/mol. The Balaban J connectivity index is 3.94. The second-order valence-electron chi connectivity index (χ2n) is 23.5. The molecule has 0 aromatic heterocycles. The number of ether oxygens (including phenoxy) is 3. The van der Waals surface area contributed by atoms with Crippen LogP contribution in [0.4, 0.5) is 0 Å². The molecule has 0 amide bonds. The molecule has 1 unspecified atom stereocenters. The topological polar surface area (TPSA) is 78.9 Å². The number of hydrogen-bond donors (Lipinski definition) is 0. The summed E-state index contributed by atoms with van der Waals surface area (Å²) in [5.41, 5.74) is 0. The van der Waals surface area contributed by atoms with Gasteiger partial charge in [0.1, 0.15) is 13.2 Å². The Kier molecular flexibility index (Phi) is 63.1. The predicted octanol–water partition coefficient (Wildman–Crippen LogP) is 23.2. The van der Waals surface area contributed by atoms with Gasteiger partial charge < -0.3 is 14.2 Å². The summed E-state index contributed by atoms with van der Waals surface area (Å²) in [6, 6.07) is 0. The van der Waals surface area contributed by atoms with Crippen molar-refractivity contribution in [1.29, 1.82) is 0 Å². The van der Waals surface area contributed by atoms with E-state index < -0.39 is 6.10 Å². The Hall–Kier alpha value is -1.85. The van der Waals surface area contributed by atoms with Crippen LogP contribution < -0.4 is 0 Å². The molecule has 0 bridgehead atoms. The first-order valence-electron chi connectivity index (χ1n) is 34.2. The Morgan fingerprint density at radius 2 is 0.440 bits per heavy atom. The summed E-state index contributed by atoms with van der Waals surface area (Å²) in [7, 11) is 0. The van der Waals surface area contributed by atoms with Crippen molar-refractivity contribution in [2.45, 2.75) is 399 Å². The molecule has 0 aliphatic heterocycles. The minimum Gasteiger partial charge on any atom is -0.462 e. The van der Waals surface area contributed by atoms with Crippen molar-refractivity contribution < 1.29 is 28.6 Å². The molecule has 0 radical (unpaired) electrons. The van der Waals surface area contributed by atoms with Crippen molar-refractivity contribution in [3.8, 4) is 0 Å². The average Bonchev–Trinajstić information content (AvgIpc) is 3.41. The van der Waals surface area contributed by atoms with Gasteiger partial charge in [0, 0.05) is 19.3 Å². The maximum Gasteiger partial charge on any atom is 0.306 e. The third-order valence-corrected chi connectivity index (χ3v) is 15.8. The summed E-state index contributed by atoms with van der Waals surface area (Å²) in [4.78, 5) is 38.1. The van der Waals surface area contributed by atoms with Crippen LogP contribution in [-0.4, -0.2) is 37.2 Å². The molecule has 0 aromatic rings. The summed E-state index contributed by atoms with van der Waals surface area (Å²) >= 11 is 0. The van der Waals surface area contributed by atoms with Crippen molar-refractivity contribution in [2.24, 2.45) is 0 Å². The lowest BCUT2D eigenvalue weighted by Gasteiger charge is -2.18. The van der Waals surface area contributed by atoms with E-state index in [1.54, 1.807) is 0 Å². The molecular formula is C69H132O6. The van der Waals surface area contributed by atoms with Crippen molar-refractivity contribution in [3.05, 3.63) is 12.2 Å². The summed E-state index contributed by atoms with van der Waals surface area (Å²) < 4.78 is 16.9. The number of esters is 3. The maximum atomic E-state index is 12.8. The smallest absolute Gasteiger partial charge is 0.306 e. The van der Waals surface area contributed by atoms with E-state index in [9.17, 15) is 14.4 Å². The fourth-order valence-electron chi connectivity index (χ4n) is 10.6. The van der Waals surface area contributed by atoms with Crippen molar-refractivity contribution in [3.63, 3.8) is 0 Å². The first-order valence-corrected chi connectivity index (χ1v) is 34.2. The highest BCUT2D eigenvalue weighted by Crippen LogP contribution is 2.19. The van der Waals surface area contributed by atoms with Gasteiger partial charge in [0.25, 0.3) is 0 Å². The molecule has 75 heavy (non-hydrogen) atoms. The normalized spacial score (nSPS) is 12.0. The van der Waals surface area contributed by atoms with E-state index in [4.69, 9.17) is 14.2 Å². The van der Waals surface area contributed by atoms with Crippen LogP contribution in [0.1, 0.15) is 393 Å². The SMILES string of the molecule is CCCCCC/C=C\CCCCCCCC(=O)OC(COC(=O)CCCCCCCCCCCC)COC(=O)CCCCCCCCCCCCCCCCCCCCCCCCCCCCCCCCCCCC. The van der Waals surface area contributed by atoms with Crippen LogP contribution in [0.3, 0.4) is 0 Å². The minimum atomic E-state index is -0.769. The highest BCUT2D eigenvalue weighted by Gasteiger charge is 2.19. The van der Waals surface area contributed by atoms with Gasteiger partial charge in [0.15, 0.2) is 6.10 Å². The maximum absolute atomic E-state index is 12.8. The minimum absolute atomic E-state index is 0.0676. The van der Waals surface area contributed by atoms with Gasteiger partial charge in [-0.2, -0.15) is 0 Å². The highest BCUT2D eigenvalue weighted by atomic mass is 16.6. The van der Waals surface area contributed by atoms with Crippen LogP contribution in [0.5, 0.6) is 0 Å². The Bertz CT molecular complexity index is 1170. The van der Waals surface area contributed by atoms with E-state index in [0.717, 1.165) is 64.2 Å². The second kappa shape index (κ2) is 64.7. The molecule has 0 fully saturated rings. The van der Waals surface area contributed by atoms with E-state index in [-0.39, 0.29) is 31.1 Å². The van der Waals surface area contributed by atoms with E-state index >= 15 is 0 Å². The number of carbonyl (C=O) groups is 3. The van der Waals surface area contributed by atoms with Crippen molar-refractivity contribution in [1.82, 2.24) is 0 Å². The largest absolute Gasteiger partial charge is 0.462 e. The molecule has 444 valence electrons. The first-order chi connectivity index (χ1) is 37.0. The summed E-state index contributed by atoms with van der Waals surface area (Å²) in [5, 5.41) is 0. The molecule has 0 saturated heterocycles. The van der Waals surface area contributed by atoms with E-state index in [1.807, 2.05) is 0 Å². The number of unbranched alkanes of at least 4 members (excludes halogenated alkanes) is 51. The molecule has 6 heteroatoms. The predicted molar refractivity (Wildman–Crippen MR) is 326 cm³/mol. The molecule has 0 saturated carbocycles. The lowest BCUT2D eigenvalue weighted by Crippen LogP contribution is -2.30. The average molecular weight is 1060 g/mol. The quantitative estimate of drug-likeness (QED) is 0.0261. The van der Waals surface area contributed by atoms with Gasteiger partial charge in [-0.3, -0.25) is 14.4 Å². The number of carbonyl (C=O) groups excluding carboxylic acids is 3. The van der Waals surface area contributed by atoms with Gasteiger partial charge in [-0.05, 0) is 44.9 Å². The first kappa shape index (κ1) is 73.2. The summed E-state index contributed by atoms with van der Waals surface area (Å²) in [6.45, 7) is 6.67. The van der Waals surface area contributed by atoms with Crippen molar-refractivity contribution in [2.75, 3.05) is 13.2 Å². The van der Waals surface area contributed by atoms with Gasteiger partial charge in [-0.25, -0.2) is 0 Å². The molecule has 0 aliphatic rings. The van der Waals surface area contributed by atoms with Crippen LogP contribution in [-0.2, 0) is 28.6 Å². The van der Waals surface area contributed by atoms with Crippen LogP contribution in [0.2, 0.25) is 0 Å². The fraction of sp³-hybridized carbons (Fsp3) is 0.928. The molecule has 0 aliphatic carbocycles.